The maximum absolute atomic E-state index is 8.78. The lowest BCUT2D eigenvalue weighted by Gasteiger charge is -1.97. The molecular formula is C13H14N2. The Hall–Kier alpha value is -1.62. The van der Waals surface area contributed by atoms with Gasteiger partial charge in [0.2, 0.25) is 0 Å². The van der Waals surface area contributed by atoms with Crippen LogP contribution in [0.1, 0.15) is 24.8 Å². The molecule has 0 bridgehead atoms. The first-order chi connectivity index (χ1) is 7.28. The number of hydrogen-bond donors (Lipinski definition) is 0. The number of nitriles is 1. The topological polar surface area (TPSA) is 36.1 Å². The van der Waals surface area contributed by atoms with Crippen molar-refractivity contribution in [2.45, 2.75) is 26.2 Å². The summed E-state index contributed by atoms with van der Waals surface area (Å²) < 4.78 is 0. The largest absolute Gasteiger partial charge is 0.258 e. The van der Waals surface area contributed by atoms with Crippen molar-refractivity contribution < 1.29 is 0 Å². The number of rotatable bonds is 1. The molecule has 1 aliphatic rings. The number of aryl methyl sites for hydroxylation is 1. The summed E-state index contributed by atoms with van der Waals surface area (Å²) in [5.41, 5.74) is 3.43. The molecule has 76 valence electrons. The van der Waals surface area contributed by atoms with Gasteiger partial charge >= 0.3 is 0 Å². The highest BCUT2D eigenvalue weighted by Crippen LogP contribution is 2.25. The zero-order valence-corrected chi connectivity index (χ0v) is 8.90. The van der Waals surface area contributed by atoms with Crippen molar-refractivity contribution in [2.75, 3.05) is 0 Å². The van der Waals surface area contributed by atoms with Crippen LogP contribution in [-0.2, 0) is 0 Å². The van der Waals surface area contributed by atoms with Gasteiger partial charge in [-0.25, -0.2) is 0 Å². The van der Waals surface area contributed by atoms with Crippen molar-refractivity contribution in [1.82, 2.24) is 0 Å². The van der Waals surface area contributed by atoms with Crippen molar-refractivity contribution in [2.24, 2.45) is 10.9 Å². The molecule has 1 atom stereocenters. The summed E-state index contributed by atoms with van der Waals surface area (Å²) in [5.74, 6) is 0.189. The van der Waals surface area contributed by atoms with Gasteiger partial charge in [-0.15, -0.1) is 0 Å². The van der Waals surface area contributed by atoms with E-state index in [0.29, 0.717) is 0 Å². The molecule has 1 unspecified atom stereocenters. The molecule has 0 aliphatic heterocycles. The van der Waals surface area contributed by atoms with E-state index in [1.807, 2.05) is 12.1 Å². The molecule has 0 spiro atoms. The Morgan fingerprint density at radius 1 is 1.33 bits per heavy atom. The fraction of sp³-hybridized carbons (Fsp3) is 0.385. The summed E-state index contributed by atoms with van der Waals surface area (Å²) in [6, 6.07) is 10.5. The Morgan fingerprint density at radius 3 is 2.67 bits per heavy atom. The maximum Gasteiger partial charge on any atom is 0.0659 e. The predicted octanol–water partition coefficient (Wildman–Crippen LogP) is 3.39. The van der Waals surface area contributed by atoms with E-state index in [-0.39, 0.29) is 5.92 Å². The minimum atomic E-state index is 0.189. The second-order valence-electron chi connectivity index (χ2n) is 4.08. The van der Waals surface area contributed by atoms with Crippen LogP contribution in [0.2, 0.25) is 0 Å². The summed E-state index contributed by atoms with van der Waals surface area (Å²) in [5, 5.41) is 8.78. The molecule has 1 aromatic rings. The van der Waals surface area contributed by atoms with E-state index >= 15 is 0 Å². The molecule has 0 N–H and O–H groups in total. The smallest absolute Gasteiger partial charge is 0.0659 e. The average Bonchev–Trinajstić information content (AvgIpc) is 2.69. The molecule has 2 nitrogen and oxygen atoms in total. The zero-order valence-electron chi connectivity index (χ0n) is 8.90. The van der Waals surface area contributed by atoms with Crippen molar-refractivity contribution >= 4 is 11.4 Å². The van der Waals surface area contributed by atoms with Crippen molar-refractivity contribution in [3.05, 3.63) is 29.8 Å². The molecule has 0 aromatic heterocycles. The summed E-state index contributed by atoms with van der Waals surface area (Å²) in [7, 11) is 0. The standard InChI is InChI=1S/C13H14N2/c1-10-2-5-12(6-3-10)15-13-7-4-11(8-13)9-14/h2-3,5-6,11H,4,7-8H2,1H3/b15-13+. The van der Waals surface area contributed by atoms with E-state index in [2.05, 4.69) is 30.1 Å². The van der Waals surface area contributed by atoms with Gasteiger partial charge in [-0.05, 0) is 31.9 Å². The van der Waals surface area contributed by atoms with Crippen LogP contribution >= 0.6 is 0 Å². The predicted molar refractivity (Wildman–Crippen MR) is 61.2 cm³/mol. The summed E-state index contributed by atoms with van der Waals surface area (Å²) in [4.78, 5) is 4.56. The van der Waals surface area contributed by atoms with Gasteiger partial charge in [-0.3, -0.25) is 4.99 Å². The van der Waals surface area contributed by atoms with E-state index in [0.717, 1.165) is 24.9 Å². The SMILES string of the molecule is Cc1ccc(/N=C2\CCC(C#N)C2)cc1. The quantitative estimate of drug-likeness (QED) is 0.681. The number of aliphatic imine (C=N–C) groups is 1. The van der Waals surface area contributed by atoms with Gasteiger partial charge < -0.3 is 0 Å². The molecule has 1 fully saturated rings. The van der Waals surface area contributed by atoms with Crippen LogP contribution in [0, 0.1) is 24.2 Å². The Morgan fingerprint density at radius 2 is 2.07 bits per heavy atom. The Kier molecular flexibility index (Phi) is 2.82. The summed E-state index contributed by atoms with van der Waals surface area (Å²) in [6.07, 6.45) is 2.80. The van der Waals surface area contributed by atoms with E-state index < -0.39 is 0 Å². The lowest BCUT2D eigenvalue weighted by Crippen LogP contribution is -1.91. The molecule has 0 radical (unpaired) electrons. The monoisotopic (exact) mass is 198 g/mol. The van der Waals surface area contributed by atoms with Gasteiger partial charge in [0.05, 0.1) is 17.7 Å². The first-order valence-electron chi connectivity index (χ1n) is 5.30. The van der Waals surface area contributed by atoms with Gasteiger partial charge in [0.25, 0.3) is 0 Å². The minimum Gasteiger partial charge on any atom is -0.258 e. The molecule has 0 amide bonds. The van der Waals surface area contributed by atoms with E-state index in [4.69, 9.17) is 5.26 Å². The molecule has 2 rings (SSSR count). The lowest BCUT2D eigenvalue weighted by atomic mass is 10.1. The van der Waals surface area contributed by atoms with Crippen molar-refractivity contribution in [3.63, 3.8) is 0 Å². The third kappa shape index (κ3) is 2.44. The van der Waals surface area contributed by atoms with Crippen molar-refractivity contribution in [3.8, 4) is 6.07 Å². The lowest BCUT2D eigenvalue weighted by molar-refractivity contribution is 0.711. The molecule has 0 saturated heterocycles. The van der Waals surface area contributed by atoms with Gasteiger partial charge in [-0.2, -0.15) is 5.26 Å². The van der Waals surface area contributed by atoms with Gasteiger partial charge in [0.15, 0.2) is 0 Å². The molecule has 1 aliphatic carbocycles. The van der Waals surface area contributed by atoms with Gasteiger partial charge in [-0.1, -0.05) is 17.7 Å². The van der Waals surface area contributed by atoms with Crippen LogP contribution in [0.15, 0.2) is 29.3 Å². The number of nitrogens with zero attached hydrogens (tertiary/aromatic N) is 2. The average molecular weight is 198 g/mol. The minimum absolute atomic E-state index is 0.189. The zero-order chi connectivity index (χ0) is 10.7. The first kappa shape index (κ1) is 9.92. The van der Waals surface area contributed by atoms with Gasteiger partial charge in [0, 0.05) is 12.1 Å². The Bertz CT molecular complexity index is 409. The van der Waals surface area contributed by atoms with Crippen LogP contribution in [0.3, 0.4) is 0 Å². The highest BCUT2D eigenvalue weighted by molar-refractivity contribution is 5.89. The van der Waals surface area contributed by atoms with E-state index in [1.54, 1.807) is 0 Å². The second-order valence-corrected chi connectivity index (χ2v) is 4.08. The normalized spacial score (nSPS) is 22.9. The summed E-state index contributed by atoms with van der Waals surface area (Å²) >= 11 is 0. The molecule has 2 heteroatoms. The fourth-order valence-electron chi connectivity index (χ4n) is 1.84. The van der Waals surface area contributed by atoms with Crippen LogP contribution in [0.25, 0.3) is 0 Å². The number of hydrogen-bond acceptors (Lipinski definition) is 2. The van der Waals surface area contributed by atoms with E-state index in [9.17, 15) is 0 Å². The highest BCUT2D eigenvalue weighted by atomic mass is 14.8. The van der Waals surface area contributed by atoms with Crippen LogP contribution in [-0.4, -0.2) is 5.71 Å². The number of benzene rings is 1. The van der Waals surface area contributed by atoms with Gasteiger partial charge in [0.1, 0.15) is 0 Å². The molecular weight excluding hydrogens is 184 g/mol. The van der Waals surface area contributed by atoms with E-state index in [1.165, 1.54) is 11.3 Å². The van der Waals surface area contributed by atoms with Crippen LogP contribution < -0.4 is 0 Å². The molecule has 15 heavy (non-hydrogen) atoms. The second kappa shape index (κ2) is 4.27. The first-order valence-corrected chi connectivity index (χ1v) is 5.30. The molecule has 0 heterocycles. The molecule has 1 aromatic carbocycles. The Balaban J connectivity index is 2.11. The van der Waals surface area contributed by atoms with Crippen molar-refractivity contribution in [1.29, 1.82) is 5.26 Å². The molecule has 1 saturated carbocycles. The highest BCUT2D eigenvalue weighted by Gasteiger charge is 2.19. The van der Waals surface area contributed by atoms with Crippen LogP contribution in [0.5, 0.6) is 0 Å². The van der Waals surface area contributed by atoms with Crippen LogP contribution in [0.4, 0.5) is 5.69 Å². The maximum atomic E-state index is 8.78. The fourth-order valence-corrected chi connectivity index (χ4v) is 1.84. The third-order valence-corrected chi connectivity index (χ3v) is 2.77. The third-order valence-electron chi connectivity index (χ3n) is 2.77. The summed E-state index contributed by atoms with van der Waals surface area (Å²) in [6.45, 7) is 2.07. The Labute approximate surface area is 90.3 Å².